The second-order valence-electron chi connectivity index (χ2n) is 4.04. The van der Waals surface area contributed by atoms with E-state index in [4.69, 9.17) is 9.52 Å². The second-order valence-corrected chi connectivity index (χ2v) is 4.97. The van der Waals surface area contributed by atoms with Gasteiger partial charge < -0.3 is 9.52 Å². The van der Waals surface area contributed by atoms with Crippen molar-refractivity contribution in [2.24, 2.45) is 0 Å². The molecule has 0 aliphatic heterocycles. The highest BCUT2D eigenvalue weighted by Gasteiger charge is 2.09. The van der Waals surface area contributed by atoms with E-state index >= 15 is 0 Å². The number of carboxylic acid groups (broad SMARTS) is 1. The predicted octanol–water partition coefficient (Wildman–Crippen LogP) is 3.13. The summed E-state index contributed by atoms with van der Waals surface area (Å²) < 4.78 is 5.44. The maximum absolute atomic E-state index is 10.4. The van der Waals surface area contributed by atoms with Crippen LogP contribution in [0.1, 0.15) is 25.3 Å². The fraction of sp³-hybridized carbons (Fsp3) is 0.333. The summed E-state index contributed by atoms with van der Waals surface area (Å²) in [5, 5.41) is 8.98. The molecule has 1 aromatic carbocycles. The summed E-state index contributed by atoms with van der Waals surface area (Å²) in [4.78, 5) is 14.7. The Labute approximate surface area is 103 Å². The molecule has 0 radical (unpaired) electrons. The van der Waals surface area contributed by atoms with Crippen molar-refractivity contribution in [1.29, 1.82) is 0 Å². The van der Waals surface area contributed by atoms with Crippen LogP contribution in [0.15, 0.2) is 27.8 Å². The minimum absolute atomic E-state index is 0.0378. The van der Waals surface area contributed by atoms with Crippen LogP contribution in [0.2, 0.25) is 0 Å². The highest BCUT2D eigenvalue weighted by molar-refractivity contribution is 7.99. The molecule has 2 aromatic rings. The lowest BCUT2D eigenvalue weighted by atomic mass is 10.0. The highest BCUT2D eigenvalue weighted by Crippen LogP contribution is 2.26. The molecule has 17 heavy (non-hydrogen) atoms. The third-order valence-corrected chi connectivity index (χ3v) is 3.19. The Morgan fingerprint density at radius 3 is 2.94 bits per heavy atom. The molecule has 0 spiro atoms. The van der Waals surface area contributed by atoms with Crippen LogP contribution in [0.25, 0.3) is 11.1 Å². The average Bonchev–Trinajstić information content (AvgIpc) is 2.67. The Kier molecular flexibility index (Phi) is 3.38. The maximum atomic E-state index is 10.4. The number of carbonyl (C=O) groups is 1. The van der Waals surface area contributed by atoms with Gasteiger partial charge >= 0.3 is 5.97 Å². The van der Waals surface area contributed by atoms with E-state index in [0.29, 0.717) is 16.7 Å². The molecular weight excluding hydrogens is 238 g/mol. The normalized spacial score (nSPS) is 11.2. The molecule has 0 atom stereocenters. The highest BCUT2D eigenvalue weighted by atomic mass is 32.2. The number of carboxylic acids is 1. The molecule has 0 aliphatic rings. The zero-order valence-corrected chi connectivity index (χ0v) is 10.5. The summed E-state index contributed by atoms with van der Waals surface area (Å²) in [6, 6.07) is 5.86. The molecule has 0 saturated heterocycles. The first-order chi connectivity index (χ1) is 8.06. The zero-order valence-electron chi connectivity index (χ0n) is 9.64. The van der Waals surface area contributed by atoms with Gasteiger partial charge in [-0.1, -0.05) is 31.7 Å². The van der Waals surface area contributed by atoms with Crippen LogP contribution in [-0.2, 0) is 4.79 Å². The Hall–Kier alpha value is -1.49. The quantitative estimate of drug-likeness (QED) is 0.846. The molecule has 0 saturated carbocycles. The van der Waals surface area contributed by atoms with E-state index in [2.05, 4.69) is 18.8 Å². The predicted molar refractivity (Wildman–Crippen MR) is 66.5 cm³/mol. The van der Waals surface area contributed by atoms with Gasteiger partial charge in [0.1, 0.15) is 11.3 Å². The SMILES string of the molecule is CC(C)c1ccc2oc(SCC(=O)O)nc2c1. The zero-order chi connectivity index (χ0) is 12.4. The standard InChI is InChI=1S/C12H13NO3S/c1-7(2)8-3-4-10-9(5-8)13-12(16-10)17-6-11(14)15/h3-5,7H,6H2,1-2H3,(H,14,15). The molecule has 0 unspecified atom stereocenters. The number of fused-ring (bicyclic) bond motifs is 1. The van der Waals surface area contributed by atoms with E-state index in [9.17, 15) is 4.79 Å². The number of aliphatic carboxylic acids is 1. The lowest BCUT2D eigenvalue weighted by Gasteiger charge is -2.02. The first-order valence-corrected chi connectivity index (χ1v) is 6.30. The Morgan fingerprint density at radius 2 is 2.29 bits per heavy atom. The van der Waals surface area contributed by atoms with Crippen molar-refractivity contribution < 1.29 is 14.3 Å². The summed E-state index contributed by atoms with van der Waals surface area (Å²) in [5.41, 5.74) is 2.67. The summed E-state index contributed by atoms with van der Waals surface area (Å²) in [6.07, 6.45) is 0. The van der Waals surface area contributed by atoms with Crippen molar-refractivity contribution in [1.82, 2.24) is 4.98 Å². The molecule has 5 heteroatoms. The van der Waals surface area contributed by atoms with Crippen LogP contribution in [0.4, 0.5) is 0 Å². The first-order valence-electron chi connectivity index (χ1n) is 5.31. The van der Waals surface area contributed by atoms with Crippen LogP contribution in [0, 0.1) is 0 Å². The van der Waals surface area contributed by atoms with Crippen molar-refractivity contribution >= 4 is 28.8 Å². The van der Waals surface area contributed by atoms with Gasteiger partial charge in [-0.2, -0.15) is 0 Å². The Bertz CT molecular complexity index is 548. The minimum Gasteiger partial charge on any atom is -0.481 e. The Morgan fingerprint density at radius 1 is 1.53 bits per heavy atom. The maximum Gasteiger partial charge on any atom is 0.314 e. The Balaban J connectivity index is 2.27. The van der Waals surface area contributed by atoms with Crippen molar-refractivity contribution in [2.45, 2.75) is 25.0 Å². The number of aromatic nitrogens is 1. The van der Waals surface area contributed by atoms with E-state index in [1.807, 2.05) is 18.2 Å². The van der Waals surface area contributed by atoms with Gasteiger partial charge in [-0.15, -0.1) is 0 Å². The summed E-state index contributed by atoms with van der Waals surface area (Å²) in [6.45, 7) is 4.22. The summed E-state index contributed by atoms with van der Waals surface area (Å²) in [7, 11) is 0. The number of thioether (sulfide) groups is 1. The number of oxazole rings is 1. The molecule has 0 bridgehead atoms. The van der Waals surface area contributed by atoms with E-state index in [1.165, 1.54) is 5.56 Å². The second kappa shape index (κ2) is 4.79. The van der Waals surface area contributed by atoms with Gasteiger partial charge in [0, 0.05) is 0 Å². The van der Waals surface area contributed by atoms with Gasteiger partial charge in [-0.25, -0.2) is 4.98 Å². The van der Waals surface area contributed by atoms with Gasteiger partial charge in [-0.3, -0.25) is 4.79 Å². The fourth-order valence-electron chi connectivity index (χ4n) is 1.47. The number of benzene rings is 1. The van der Waals surface area contributed by atoms with Crippen LogP contribution in [-0.4, -0.2) is 21.8 Å². The van der Waals surface area contributed by atoms with Crippen LogP contribution in [0.5, 0.6) is 0 Å². The van der Waals surface area contributed by atoms with E-state index < -0.39 is 5.97 Å². The molecule has 1 heterocycles. The third kappa shape index (κ3) is 2.79. The van der Waals surface area contributed by atoms with Crippen molar-refractivity contribution in [2.75, 3.05) is 5.75 Å². The van der Waals surface area contributed by atoms with E-state index in [1.54, 1.807) is 0 Å². The van der Waals surface area contributed by atoms with Crippen LogP contribution >= 0.6 is 11.8 Å². The van der Waals surface area contributed by atoms with Crippen LogP contribution < -0.4 is 0 Å². The lowest BCUT2D eigenvalue weighted by molar-refractivity contribution is -0.133. The minimum atomic E-state index is -0.875. The van der Waals surface area contributed by atoms with Crippen molar-refractivity contribution in [3.05, 3.63) is 23.8 Å². The largest absolute Gasteiger partial charge is 0.481 e. The van der Waals surface area contributed by atoms with Crippen molar-refractivity contribution in [3.63, 3.8) is 0 Å². The molecule has 1 aromatic heterocycles. The van der Waals surface area contributed by atoms with E-state index in [-0.39, 0.29) is 5.75 Å². The lowest BCUT2D eigenvalue weighted by Crippen LogP contribution is -1.97. The van der Waals surface area contributed by atoms with Gasteiger partial charge in [0.2, 0.25) is 0 Å². The molecule has 4 nitrogen and oxygen atoms in total. The fourth-order valence-corrected chi connectivity index (χ4v) is 2.03. The first kappa shape index (κ1) is 12.0. The van der Waals surface area contributed by atoms with Crippen molar-refractivity contribution in [3.8, 4) is 0 Å². The molecule has 1 N–H and O–H groups in total. The third-order valence-electron chi connectivity index (χ3n) is 2.38. The molecular formula is C12H13NO3S. The molecule has 0 amide bonds. The number of hydrogen-bond acceptors (Lipinski definition) is 4. The number of hydrogen-bond donors (Lipinski definition) is 1. The summed E-state index contributed by atoms with van der Waals surface area (Å²) >= 11 is 1.09. The van der Waals surface area contributed by atoms with Crippen LogP contribution in [0.3, 0.4) is 0 Å². The average molecular weight is 251 g/mol. The smallest absolute Gasteiger partial charge is 0.314 e. The molecule has 90 valence electrons. The number of nitrogens with zero attached hydrogens (tertiary/aromatic N) is 1. The molecule has 2 rings (SSSR count). The van der Waals surface area contributed by atoms with Gasteiger partial charge in [0.15, 0.2) is 5.58 Å². The number of rotatable bonds is 4. The molecule has 0 fully saturated rings. The van der Waals surface area contributed by atoms with Gasteiger partial charge in [0.05, 0.1) is 0 Å². The van der Waals surface area contributed by atoms with Gasteiger partial charge in [-0.05, 0) is 23.6 Å². The summed E-state index contributed by atoms with van der Waals surface area (Å²) in [5.74, 6) is -0.476. The van der Waals surface area contributed by atoms with Gasteiger partial charge in [0.25, 0.3) is 5.22 Å². The topological polar surface area (TPSA) is 63.3 Å². The van der Waals surface area contributed by atoms with E-state index in [0.717, 1.165) is 17.3 Å². The monoisotopic (exact) mass is 251 g/mol. The molecule has 0 aliphatic carbocycles.